The van der Waals surface area contributed by atoms with Crippen LogP contribution in [-0.4, -0.2) is 43.9 Å². The number of nitrogens with one attached hydrogen (secondary N) is 2. The van der Waals surface area contributed by atoms with Gasteiger partial charge in [-0.05, 0) is 56.6 Å². The van der Waals surface area contributed by atoms with Gasteiger partial charge in [-0.15, -0.1) is 0 Å². The first-order valence-electron chi connectivity index (χ1n) is 8.18. The van der Waals surface area contributed by atoms with E-state index < -0.39 is 17.6 Å². The molecule has 2 N–H and O–H groups in total. The molecule has 0 atom stereocenters. The summed E-state index contributed by atoms with van der Waals surface area (Å²) in [4.78, 5) is 26.1. The predicted octanol–water partition coefficient (Wildman–Crippen LogP) is 3.25. The first kappa shape index (κ1) is 20.4. The minimum absolute atomic E-state index is 0.0420. The zero-order chi connectivity index (χ0) is 20.0. The molecule has 0 saturated carbocycles. The molecule has 0 unspecified atom stereocenters. The first-order valence-corrected chi connectivity index (χ1v) is 8.18. The summed E-state index contributed by atoms with van der Waals surface area (Å²) in [5.41, 5.74) is -0.174. The van der Waals surface area contributed by atoms with Gasteiger partial charge in [0.15, 0.2) is 0 Å². The van der Waals surface area contributed by atoms with Crippen LogP contribution in [0.2, 0.25) is 0 Å². The summed E-state index contributed by atoms with van der Waals surface area (Å²) in [5.74, 6) is -0.824. The van der Waals surface area contributed by atoms with E-state index in [4.69, 9.17) is 0 Å². The molecule has 2 aromatic carbocycles. The van der Waals surface area contributed by atoms with Gasteiger partial charge in [-0.25, -0.2) is 0 Å². The number of likely N-dealkylation sites (N-methyl/N-ethyl adjacent to an activating group) is 1. The molecule has 0 spiro atoms. The second-order valence-corrected chi connectivity index (χ2v) is 6.17. The van der Waals surface area contributed by atoms with Crippen LogP contribution in [0, 0.1) is 0 Å². The van der Waals surface area contributed by atoms with Gasteiger partial charge in [0, 0.05) is 29.9 Å². The molecule has 2 amide bonds. The Hall–Kier alpha value is -2.87. The Kier molecular flexibility index (Phi) is 6.57. The first-order chi connectivity index (χ1) is 12.7. The molecular formula is C19H20F3N3O2. The van der Waals surface area contributed by atoms with Gasteiger partial charge in [0.05, 0.1) is 5.56 Å². The normalized spacial score (nSPS) is 11.3. The Balaban J connectivity index is 2.00. The highest BCUT2D eigenvalue weighted by molar-refractivity contribution is 6.05. The summed E-state index contributed by atoms with van der Waals surface area (Å²) in [7, 11) is 3.79. The molecule has 0 radical (unpaired) electrons. The number of anilines is 1. The lowest BCUT2D eigenvalue weighted by Gasteiger charge is -2.11. The van der Waals surface area contributed by atoms with E-state index in [1.165, 1.54) is 36.4 Å². The largest absolute Gasteiger partial charge is 0.416 e. The van der Waals surface area contributed by atoms with E-state index in [-0.39, 0.29) is 17.2 Å². The second kappa shape index (κ2) is 8.68. The third kappa shape index (κ3) is 6.10. The average Bonchev–Trinajstić information content (AvgIpc) is 2.61. The molecule has 2 aromatic rings. The monoisotopic (exact) mass is 379 g/mol. The van der Waals surface area contributed by atoms with Crippen molar-refractivity contribution in [3.63, 3.8) is 0 Å². The number of rotatable bonds is 6. The molecule has 0 saturated heterocycles. The van der Waals surface area contributed by atoms with Crippen LogP contribution in [0.4, 0.5) is 18.9 Å². The van der Waals surface area contributed by atoms with E-state index in [2.05, 4.69) is 10.6 Å². The number of amides is 2. The number of nitrogens with zero attached hydrogens (tertiary/aromatic N) is 1. The SMILES string of the molecule is CN(C)CCNC(=O)c1ccc(C(=O)Nc2cccc(C(F)(F)F)c2)cc1. The van der Waals surface area contributed by atoms with E-state index >= 15 is 0 Å². The fraction of sp³-hybridized carbons (Fsp3) is 0.263. The highest BCUT2D eigenvalue weighted by Crippen LogP contribution is 2.30. The Morgan fingerprint density at radius 3 is 2.11 bits per heavy atom. The van der Waals surface area contributed by atoms with Gasteiger partial charge in [-0.3, -0.25) is 9.59 Å². The topological polar surface area (TPSA) is 61.4 Å². The summed E-state index contributed by atoms with van der Waals surface area (Å²) in [5, 5.41) is 5.17. The fourth-order valence-electron chi connectivity index (χ4n) is 2.24. The van der Waals surface area contributed by atoms with Gasteiger partial charge in [-0.1, -0.05) is 6.07 Å². The maximum absolute atomic E-state index is 12.7. The van der Waals surface area contributed by atoms with Crippen molar-refractivity contribution in [1.29, 1.82) is 0 Å². The number of halogens is 3. The average molecular weight is 379 g/mol. The maximum Gasteiger partial charge on any atom is 0.416 e. The number of hydrogen-bond acceptors (Lipinski definition) is 3. The summed E-state index contributed by atoms with van der Waals surface area (Å²) in [6, 6.07) is 10.3. The molecule has 8 heteroatoms. The minimum Gasteiger partial charge on any atom is -0.351 e. The number of benzene rings is 2. The molecule has 144 valence electrons. The number of carbonyl (C=O) groups is 2. The van der Waals surface area contributed by atoms with Crippen LogP contribution in [0.25, 0.3) is 0 Å². The highest BCUT2D eigenvalue weighted by atomic mass is 19.4. The molecule has 27 heavy (non-hydrogen) atoms. The van der Waals surface area contributed by atoms with Crippen LogP contribution in [0.5, 0.6) is 0 Å². The number of alkyl halides is 3. The van der Waals surface area contributed by atoms with Crippen LogP contribution in [-0.2, 0) is 6.18 Å². The smallest absolute Gasteiger partial charge is 0.351 e. The molecule has 0 aliphatic heterocycles. The zero-order valence-corrected chi connectivity index (χ0v) is 14.9. The summed E-state index contributed by atoms with van der Waals surface area (Å²) < 4.78 is 38.2. The second-order valence-electron chi connectivity index (χ2n) is 6.17. The Labute approximate surface area is 155 Å². The Morgan fingerprint density at radius 1 is 0.963 bits per heavy atom. The van der Waals surface area contributed by atoms with Crippen LogP contribution in [0.15, 0.2) is 48.5 Å². The van der Waals surface area contributed by atoms with Gasteiger partial charge in [0.1, 0.15) is 0 Å². The third-order valence-electron chi connectivity index (χ3n) is 3.70. The van der Waals surface area contributed by atoms with Gasteiger partial charge in [-0.2, -0.15) is 13.2 Å². The summed E-state index contributed by atoms with van der Waals surface area (Å²) in [6.45, 7) is 1.19. The van der Waals surface area contributed by atoms with Crippen molar-refractivity contribution in [3.8, 4) is 0 Å². The maximum atomic E-state index is 12.7. The molecule has 0 aromatic heterocycles. The molecule has 0 bridgehead atoms. The van der Waals surface area contributed by atoms with Crippen molar-refractivity contribution < 1.29 is 22.8 Å². The van der Waals surface area contributed by atoms with E-state index in [1.807, 2.05) is 19.0 Å². The van der Waals surface area contributed by atoms with Gasteiger partial charge in [0.25, 0.3) is 11.8 Å². The van der Waals surface area contributed by atoms with E-state index in [0.29, 0.717) is 18.7 Å². The standard InChI is InChI=1S/C19H20F3N3O2/c1-25(2)11-10-23-17(26)13-6-8-14(9-7-13)18(27)24-16-5-3-4-15(12-16)19(20,21)22/h3-9,12H,10-11H2,1-2H3,(H,23,26)(H,24,27). The van der Waals surface area contributed by atoms with E-state index in [0.717, 1.165) is 12.1 Å². The van der Waals surface area contributed by atoms with Crippen molar-refractivity contribution in [2.45, 2.75) is 6.18 Å². The predicted molar refractivity (Wildman–Crippen MR) is 96.7 cm³/mol. The van der Waals surface area contributed by atoms with Crippen molar-refractivity contribution in [2.24, 2.45) is 0 Å². The van der Waals surface area contributed by atoms with Crippen molar-refractivity contribution in [3.05, 3.63) is 65.2 Å². The molecule has 0 aliphatic carbocycles. The minimum atomic E-state index is -4.48. The summed E-state index contributed by atoms with van der Waals surface area (Å²) in [6.07, 6.45) is -4.48. The van der Waals surface area contributed by atoms with Crippen LogP contribution < -0.4 is 10.6 Å². The summed E-state index contributed by atoms with van der Waals surface area (Å²) >= 11 is 0. The highest BCUT2D eigenvalue weighted by Gasteiger charge is 2.30. The van der Waals surface area contributed by atoms with Gasteiger partial charge >= 0.3 is 6.18 Å². The number of carbonyl (C=O) groups excluding carboxylic acids is 2. The molecule has 2 rings (SSSR count). The van der Waals surface area contributed by atoms with Crippen molar-refractivity contribution in [1.82, 2.24) is 10.2 Å². The molecule has 0 aliphatic rings. The molecule has 0 heterocycles. The van der Waals surface area contributed by atoms with Gasteiger partial charge < -0.3 is 15.5 Å². The van der Waals surface area contributed by atoms with E-state index in [9.17, 15) is 22.8 Å². The molecule has 0 fully saturated rings. The third-order valence-corrected chi connectivity index (χ3v) is 3.70. The van der Waals surface area contributed by atoms with Gasteiger partial charge in [0.2, 0.25) is 0 Å². The van der Waals surface area contributed by atoms with Crippen molar-refractivity contribution >= 4 is 17.5 Å². The van der Waals surface area contributed by atoms with Crippen LogP contribution in [0.3, 0.4) is 0 Å². The lowest BCUT2D eigenvalue weighted by molar-refractivity contribution is -0.137. The Bertz CT molecular complexity index is 803. The lowest BCUT2D eigenvalue weighted by Crippen LogP contribution is -2.31. The fourth-order valence-corrected chi connectivity index (χ4v) is 2.24. The zero-order valence-electron chi connectivity index (χ0n) is 14.9. The van der Waals surface area contributed by atoms with E-state index in [1.54, 1.807) is 0 Å². The molecular weight excluding hydrogens is 359 g/mol. The van der Waals surface area contributed by atoms with Crippen LogP contribution in [0.1, 0.15) is 26.3 Å². The Morgan fingerprint density at radius 2 is 1.56 bits per heavy atom. The van der Waals surface area contributed by atoms with Crippen molar-refractivity contribution in [2.75, 3.05) is 32.5 Å². The quantitative estimate of drug-likeness (QED) is 0.810. The number of hydrogen-bond donors (Lipinski definition) is 2. The van der Waals surface area contributed by atoms with Crippen LogP contribution >= 0.6 is 0 Å². The lowest BCUT2D eigenvalue weighted by atomic mass is 10.1. The molecule has 5 nitrogen and oxygen atoms in total.